The molecule has 0 aliphatic heterocycles. The highest BCUT2D eigenvalue weighted by Gasteiger charge is 2.20. The van der Waals surface area contributed by atoms with Crippen LogP contribution < -0.4 is 5.73 Å². The van der Waals surface area contributed by atoms with Gasteiger partial charge < -0.3 is 5.73 Å². The monoisotopic (exact) mass is 375 g/mol. The van der Waals surface area contributed by atoms with Gasteiger partial charge in [0, 0.05) is 0 Å². The molecule has 1 aromatic carbocycles. The Morgan fingerprint density at radius 3 is 2.45 bits per heavy atom. The molecule has 2 aromatic rings. The van der Waals surface area contributed by atoms with Crippen molar-refractivity contribution in [1.29, 1.82) is 0 Å². The molecular weight excluding hydrogens is 361 g/mol. The van der Waals surface area contributed by atoms with E-state index in [9.17, 15) is 0 Å². The van der Waals surface area contributed by atoms with Crippen molar-refractivity contribution in [2.24, 2.45) is 5.41 Å². The van der Waals surface area contributed by atoms with E-state index in [0.29, 0.717) is 15.9 Å². The van der Waals surface area contributed by atoms with Crippen LogP contribution in [0.2, 0.25) is 10.0 Å². The average Bonchev–Trinajstić information content (AvgIpc) is 2.59. The summed E-state index contributed by atoms with van der Waals surface area (Å²) in [4.78, 5) is 0. The van der Waals surface area contributed by atoms with Gasteiger partial charge in [0.05, 0.1) is 25.9 Å². The van der Waals surface area contributed by atoms with Gasteiger partial charge in [0.15, 0.2) is 0 Å². The van der Waals surface area contributed by atoms with E-state index in [4.69, 9.17) is 28.9 Å². The van der Waals surface area contributed by atoms with Crippen LogP contribution in [0, 0.1) is 5.41 Å². The van der Waals surface area contributed by atoms with Crippen molar-refractivity contribution in [2.75, 3.05) is 5.73 Å². The minimum absolute atomic E-state index is 0.131. The van der Waals surface area contributed by atoms with Crippen LogP contribution in [0.5, 0.6) is 0 Å². The second-order valence-electron chi connectivity index (χ2n) is 5.89. The molecule has 0 aliphatic rings. The summed E-state index contributed by atoms with van der Waals surface area (Å²) in [6.45, 7) is 6.48. The Kier molecular flexibility index (Phi) is 4.38. The van der Waals surface area contributed by atoms with E-state index in [2.05, 4.69) is 41.8 Å². The van der Waals surface area contributed by atoms with E-state index in [1.54, 1.807) is 16.8 Å². The van der Waals surface area contributed by atoms with E-state index in [1.807, 2.05) is 6.07 Å². The van der Waals surface area contributed by atoms with Crippen molar-refractivity contribution in [1.82, 2.24) is 9.78 Å². The summed E-state index contributed by atoms with van der Waals surface area (Å²) in [5, 5.41) is 5.57. The molecule has 0 atom stereocenters. The highest BCUT2D eigenvalue weighted by atomic mass is 79.9. The molecule has 0 radical (unpaired) electrons. The Bertz CT molecular complexity index is 645. The van der Waals surface area contributed by atoms with Gasteiger partial charge in [0.25, 0.3) is 0 Å². The van der Waals surface area contributed by atoms with Crippen LogP contribution in [-0.4, -0.2) is 9.78 Å². The number of aromatic nitrogens is 2. The van der Waals surface area contributed by atoms with E-state index in [1.165, 1.54) is 0 Å². The number of halogens is 3. The fourth-order valence-electron chi connectivity index (χ4n) is 1.89. The van der Waals surface area contributed by atoms with Crippen LogP contribution in [0.1, 0.15) is 26.5 Å². The SMILES string of the molecule is CC(C)(C)Cc1nn(-c2ccc(Cl)c(Cl)c2)c(N)c1Br. The molecule has 6 heteroatoms. The van der Waals surface area contributed by atoms with Crippen molar-refractivity contribution in [2.45, 2.75) is 27.2 Å². The number of nitrogens with zero attached hydrogens (tertiary/aromatic N) is 2. The van der Waals surface area contributed by atoms with Gasteiger partial charge in [0.1, 0.15) is 5.82 Å². The minimum atomic E-state index is 0.131. The molecule has 0 bridgehead atoms. The largest absolute Gasteiger partial charge is 0.383 e. The maximum atomic E-state index is 6.12. The van der Waals surface area contributed by atoms with Crippen LogP contribution in [0.3, 0.4) is 0 Å². The lowest BCUT2D eigenvalue weighted by Gasteiger charge is -2.16. The van der Waals surface area contributed by atoms with Crippen molar-refractivity contribution >= 4 is 44.9 Å². The van der Waals surface area contributed by atoms with E-state index in [-0.39, 0.29) is 5.41 Å². The van der Waals surface area contributed by atoms with Gasteiger partial charge in [-0.25, -0.2) is 4.68 Å². The second-order valence-corrected chi connectivity index (χ2v) is 7.50. The first-order valence-corrected chi connectivity index (χ1v) is 7.72. The number of anilines is 1. The van der Waals surface area contributed by atoms with Crippen molar-refractivity contribution in [3.8, 4) is 5.69 Å². The molecule has 108 valence electrons. The number of rotatable bonds is 2. The quantitative estimate of drug-likeness (QED) is 0.790. The van der Waals surface area contributed by atoms with Gasteiger partial charge in [-0.1, -0.05) is 44.0 Å². The van der Waals surface area contributed by atoms with Crippen LogP contribution in [-0.2, 0) is 6.42 Å². The summed E-state index contributed by atoms with van der Waals surface area (Å²) in [6.07, 6.45) is 0.826. The summed E-state index contributed by atoms with van der Waals surface area (Å²) in [5.74, 6) is 0.558. The van der Waals surface area contributed by atoms with Gasteiger partial charge in [-0.3, -0.25) is 0 Å². The maximum absolute atomic E-state index is 6.12. The molecule has 0 spiro atoms. The van der Waals surface area contributed by atoms with Gasteiger partial charge in [0.2, 0.25) is 0 Å². The molecule has 20 heavy (non-hydrogen) atoms. The third-order valence-electron chi connectivity index (χ3n) is 2.77. The Morgan fingerprint density at radius 2 is 1.90 bits per heavy atom. The summed E-state index contributed by atoms with van der Waals surface area (Å²) in [5.41, 5.74) is 7.97. The molecule has 3 nitrogen and oxygen atoms in total. The van der Waals surface area contributed by atoms with Crippen LogP contribution in [0.15, 0.2) is 22.7 Å². The molecule has 0 saturated carbocycles. The molecule has 1 aromatic heterocycles. The first kappa shape index (κ1) is 15.7. The third-order valence-corrected chi connectivity index (χ3v) is 4.38. The average molecular weight is 377 g/mol. The van der Waals surface area contributed by atoms with Gasteiger partial charge >= 0.3 is 0 Å². The third kappa shape index (κ3) is 3.30. The van der Waals surface area contributed by atoms with Gasteiger partial charge in [-0.15, -0.1) is 0 Å². The second kappa shape index (κ2) is 5.58. The number of nitrogens with two attached hydrogens (primary N) is 1. The first-order valence-electron chi connectivity index (χ1n) is 6.17. The van der Waals surface area contributed by atoms with Crippen LogP contribution in [0.4, 0.5) is 5.82 Å². The molecule has 0 fully saturated rings. The highest BCUT2D eigenvalue weighted by molar-refractivity contribution is 9.10. The van der Waals surface area contributed by atoms with E-state index in [0.717, 1.165) is 22.3 Å². The molecule has 2 rings (SSSR count). The fourth-order valence-corrected chi connectivity index (χ4v) is 2.57. The molecule has 2 N–H and O–H groups in total. The predicted octanol–water partition coefficient (Wildman–Crippen LogP) is 5.11. The highest BCUT2D eigenvalue weighted by Crippen LogP contribution is 2.32. The fraction of sp³-hybridized carbons (Fsp3) is 0.357. The Balaban J connectivity index is 2.47. The first-order chi connectivity index (χ1) is 9.19. The van der Waals surface area contributed by atoms with Crippen molar-refractivity contribution in [3.05, 3.63) is 38.4 Å². The molecule has 0 unspecified atom stereocenters. The summed E-state index contributed by atoms with van der Waals surface area (Å²) < 4.78 is 2.51. The Hall–Kier alpha value is -0.710. The Labute approximate surface area is 137 Å². The lowest BCUT2D eigenvalue weighted by molar-refractivity contribution is 0.404. The Morgan fingerprint density at radius 1 is 1.25 bits per heavy atom. The zero-order chi connectivity index (χ0) is 15.1. The zero-order valence-corrected chi connectivity index (χ0v) is 14.6. The maximum Gasteiger partial charge on any atom is 0.141 e. The van der Waals surface area contributed by atoms with Crippen LogP contribution in [0.25, 0.3) is 5.69 Å². The topological polar surface area (TPSA) is 43.8 Å². The number of nitrogen functional groups attached to an aromatic ring is 1. The minimum Gasteiger partial charge on any atom is -0.383 e. The standard InChI is InChI=1S/C14H16BrCl2N3/c1-14(2,3)7-11-12(15)13(18)20(19-11)8-4-5-9(16)10(17)6-8/h4-6H,7,18H2,1-3H3. The normalized spacial score (nSPS) is 11.9. The van der Waals surface area contributed by atoms with E-state index >= 15 is 0 Å². The van der Waals surface area contributed by atoms with Gasteiger partial charge in [-0.05, 0) is 46.0 Å². The number of hydrogen-bond acceptors (Lipinski definition) is 2. The number of hydrogen-bond donors (Lipinski definition) is 1. The van der Waals surface area contributed by atoms with Crippen molar-refractivity contribution < 1.29 is 0 Å². The summed E-state index contributed by atoms with van der Waals surface area (Å²) in [6, 6.07) is 5.32. The molecule has 0 saturated heterocycles. The van der Waals surface area contributed by atoms with Crippen molar-refractivity contribution in [3.63, 3.8) is 0 Å². The smallest absolute Gasteiger partial charge is 0.141 e. The lowest BCUT2D eigenvalue weighted by Crippen LogP contribution is -2.10. The molecule has 0 aliphatic carbocycles. The molecular formula is C14H16BrCl2N3. The summed E-state index contributed by atoms with van der Waals surface area (Å²) in [7, 11) is 0. The molecule has 1 heterocycles. The lowest BCUT2D eigenvalue weighted by atomic mass is 9.91. The zero-order valence-electron chi connectivity index (χ0n) is 11.5. The summed E-state index contributed by atoms with van der Waals surface area (Å²) >= 11 is 15.5. The predicted molar refractivity (Wildman–Crippen MR) is 88.9 cm³/mol. The van der Waals surface area contributed by atoms with E-state index < -0.39 is 0 Å². The van der Waals surface area contributed by atoms with Crippen LogP contribution >= 0.6 is 39.1 Å². The number of benzene rings is 1. The molecule has 0 amide bonds. The van der Waals surface area contributed by atoms with Gasteiger partial charge in [-0.2, -0.15) is 5.10 Å².